The van der Waals surface area contributed by atoms with Crippen LogP contribution in [0.2, 0.25) is 5.02 Å². The van der Waals surface area contributed by atoms with Crippen LogP contribution in [0.3, 0.4) is 0 Å². The summed E-state index contributed by atoms with van der Waals surface area (Å²) < 4.78 is 12.6. The van der Waals surface area contributed by atoms with E-state index in [1.54, 1.807) is 6.08 Å². The molecule has 5 nitrogen and oxygen atoms in total. The number of rotatable bonds is 8. The highest BCUT2D eigenvalue weighted by Crippen LogP contribution is 2.39. The Morgan fingerprint density at radius 2 is 1.79 bits per heavy atom. The van der Waals surface area contributed by atoms with Crippen molar-refractivity contribution in [3.05, 3.63) is 61.9 Å². The summed E-state index contributed by atoms with van der Waals surface area (Å²) >= 11 is 10.5. The lowest BCUT2D eigenvalue weighted by molar-refractivity contribution is -0.123. The van der Waals surface area contributed by atoms with Gasteiger partial charge in [-0.15, -0.1) is 0 Å². The number of halogens is 2. The van der Waals surface area contributed by atoms with E-state index in [1.807, 2.05) is 43.3 Å². The molecule has 0 N–H and O–H groups in total. The predicted octanol–water partition coefficient (Wildman–Crippen LogP) is 7.70. The molecule has 34 heavy (non-hydrogen) atoms. The first kappa shape index (κ1) is 25.1. The second-order valence-corrected chi connectivity index (χ2v) is 10.7. The van der Waals surface area contributed by atoms with E-state index in [-0.39, 0.29) is 11.1 Å². The average molecular weight is 565 g/mol. The lowest BCUT2D eigenvalue weighted by Gasteiger charge is -2.25. The maximum Gasteiger partial charge on any atom is 0.293 e. The van der Waals surface area contributed by atoms with Crippen LogP contribution in [0.1, 0.15) is 50.2 Å². The summed E-state index contributed by atoms with van der Waals surface area (Å²) in [6.07, 6.45) is 7.52. The fourth-order valence-electron chi connectivity index (χ4n) is 4.21. The first-order chi connectivity index (χ1) is 16.4. The quantitative estimate of drug-likeness (QED) is 0.308. The second kappa shape index (κ2) is 11.6. The average Bonchev–Trinajstić information content (AvgIpc) is 3.09. The molecule has 1 saturated heterocycles. The van der Waals surface area contributed by atoms with Gasteiger partial charge in [0.15, 0.2) is 11.5 Å². The van der Waals surface area contributed by atoms with Crippen molar-refractivity contribution in [2.75, 3.05) is 13.2 Å². The number of imide groups is 1. The molecule has 0 unspecified atom stereocenters. The van der Waals surface area contributed by atoms with Gasteiger partial charge >= 0.3 is 0 Å². The number of amides is 2. The molecule has 1 saturated carbocycles. The maximum atomic E-state index is 13.0. The van der Waals surface area contributed by atoms with Crippen molar-refractivity contribution in [1.82, 2.24) is 4.90 Å². The lowest BCUT2D eigenvalue weighted by atomic mass is 9.89. The fraction of sp³-hybridized carbons (Fsp3) is 0.385. The molecule has 2 aromatic rings. The number of carbonyl (C=O) groups excluding carboxylic acids is 2. The molecule has 8 heteroatoms. The molecule has 0 aromatic heterocycles. The van der Waals surface area contributed by atoms with Gasteiger partial charge < -0.3 is 9.47 Å². The molecule has 2 amide bonds. The highest BCUT2D eigenvalue weighted by atomic mass is 79.9. The molecule has 2 aliphatic rings. The minimum atomic E-state index is -0.214. The minimum Gasteiger partial charge on any atom is -0.490 e. The van der Waals surface area contributed by atoms with Crippen LogP contribution in [0.25, 0.3) is 6.08 Å². The number of carbonyl (C=O) groups is 2. The standard InChI is InChI=1S/C26H27BrClNO4S/c1-2-32-22-12-19(21(27)14-23(22)33-16-18-8-10-20(28)11-9-18)13-24-25(30)29(26(31)34-24)15-17-6-4-3-5-7-17/h8-14,17H,2-7,15-16H2,1H3/b24-13+. The van der Waals surface area contributed by atoms with Crippen molar-refractivity contribution in [3.8, 4) is 11.5 Å². The summed E-state index contributed by atoms with van der Waals surface area (Å²) in [6.45, 7) is 3.26. The van der Waals surface area contributed by atoms with Crippen molar-refractivity contribution < 1.29 is 19.1 Å². The van der Waals surface area contributed by atoms with Gasteiger partial charge in [-0.2, -0.15) is 0 Å². The predicted molar refractivity (Wildman–Crippen MR) is 140 cm³/mol. The molecule has 0 spiro atoms. The number of hydrogen-bond acceptors (Lipinski definition) is 5. The van der Waals surface area contributed by atoms with E-state index in [0.717, 1.165) is 40.2 Å². The Morgan fingerprint density at radius 1 is 1.09 bits per heavy atom. The van der Waals surface area contributed by atoms with Crippen LogP contribution in [0, 0.1) is 5.92 Å². The number of benzene rings is 2. The molecule has 1 aliphatic carbocycles. The monoisotopic (exact) mass is 563 g/mol. The van der Waals surface area contributed by atoms with Crippen LogP contribution in [0.15, 0.2) is 45.8 Å². The molecule has 0 radical (unpaired) electrons. The van der Waals surface area contributed by atoms with Crippen molar-refractivity contribution in [1.29, 1.82) is 0 Å². The number of ether oxygens (including phenoxy) is 2. The van der Waals surface area contributed by atoms with Crippen LogP contribution in [-0.2, 0) is 11.4 Å². The summed E-state index contributed by atoms with van der Waals surface area (Å²) in [6, 6.07) is 11.1. The van der Waals surface area contributed by atoms with Gasteiger partial charge in [-0.05, 0) is 78.9 Å². The summed E-state index contributed by atoms with van der Waals surface area (Å²) in [5.41, 5.74) is 1.74. The van der Waals surface area contributed by atoms with Gasteiger partial charge in [0, 0.05) is 16.0 Å². The van der Waals surface area contributed by atoms with Gasteiger partial charge in [0.1, 0.15) is 6.61 Å². The molecule has 2 aromatic carbocycles. The Kier molecular flexibility index (Phi) is 8.61. The zero-order chi connectivity index (χ0) is 24.1. The molecule has 2 fully saturated rings. The third kappa shape index (κ3) is 6.18. The van der Waals surface area contributed by atoms with Gasteiger partial charge in [-0.25, -0.2) is 0 Å². The zero-order valence-corrected chi connectivity index (χ0v) is 22.2. The Labute approximate surface area is 218 Å². The largest absolute Gasteiger partial charge is 0.490 e. The summed E-state index contributed by atoms with van der Waals surface area (Å²) in [5.74, 6) is 1.36. The Bertz CT molecular complexity index is 1080. The maximum absolute atomic E-state index is 13.0. The third-order valence-corrected chi connectivity index (χ3v) is 7.84. The van der Waals surface area contributed by atoms with Crippen LogP contribution in [0.5, 0.6) is 11.5 Å². The van der Waals surface area contributed by atoms with Crippen molar-refractivity contribution in [2.45, 2.75) is 45.6 Å². The second-order valence-electron chi connectivity index (χ2n) is 8.46. The van der Waals surface area contributed by atoms with Crippen molar-refractivity contribution >= 4 is 56.5 Å². The van der Waals surface area contributed by atoms with E-state index in [0.29, 0.717) is 47.1 Å². The fourth-order valence-corrected chi connectivity index (χ4v) is 5.61. The van der Waals surface area contributed by atoms with E-state index in [4.69, 9.17) is 21.1 Å². The van der Waals surface area contributed by atoms with Gasteiger partial charge in [0.25, 0.3) is 11.1 Å². The molecule has 1 aliphatic heterocycles. The topological polar surface area (TPSA) is 55.8 Å². The van der Waals surface area contributed by atoms with Crippen LogP contribution >= 0.6 is 39.3 Å². The first-order valence-corrected chi connectivity index (χ1v) is 13.5. The Balaban J connectivity index is 1.51. The van der Waals surface area contributed by atoms with Crippen molar-refractivity contribution in [3.63, 3.8) is 0 Å². The van der Waals surface area contributed by atoms with Gasteiger partial charge in [0.05, 0.1) is 11.5 Å². The molecule has 1 heterocycles. The number of nitrogens with zero attached hydrogens (tertiary/aromatic N) is 1. The number of hydrogen-bond donors (Lipinski definition) is 0. The van der Waals surface area contributed by atoms with Gasteiger partial charge in [-0.1, -0.05) is 58.9 Å². The molecule has 0 atom stereocenters. The van der Waals surface area contributed by atoms with E-state index in [9.17, 15) is 9.59 Å². The molecule has 0 bridgehead atoms. The smallest absolute Gasteiger partial charge is 0.293 e. The van der Waals surface area contributed by atoms with E-state index in [2.05, 4.69) is 15.9 Å². The van der Waals surface area contributed by atoms with Gasteiger partial charge in [-0.3, -0.25) is 14.5 Å². The number of thioether (sulfide) groups is 1. The zero-order valence-electron chi connectivity index (χ0n) is 19.0. The molecular weight excluding hydrogens is 538 g/mol. The van der Waals surface area contributed by atoms with E-state index >= 15 is 0 Å². The Morgan fingerprint density at radius 3 is 2.50 bits per heavy atom. The molecule has 4 rings (SSSR count). The van der Waals surface area contributed by atoms with E-state index < -0.39 is 0 Å². The molecular formula is C26H27BrClNO4S. The van der Waals surface area contributed by atoms with Gasteiger partial charge in [0.2, 0.25) is 0 Å². The van der Waals surface area contributed by atoms with Crippen LogP contribution in [-0.4, -0.2) is 29.2 Å². The Hall–Kier alpha value is -1.96. The highest BCUT2D eigenvalue weighted by Gasteiger charge is 2.36. The molecule has 180 valence electrons. The summed E-state index contributed by atoms with van der Waals surface area (Å²) in [7, 11) is 0. The first-order valence-electron chi connectivity index (χ1n) is 11.5. The van der Waals surface area contributed by atoms with Crippen LogP contribution < -0.4 is 9.47 Å². The lowest BCUT2D eigenvalue weighted by Crippen LogP contribution is -2.34. The summed E-state index contributed by atoms with van der Waals surface area (Å²) in [5, 5.41) is 0.486. The third-order valence-electron chi connectivity index (χ3n) is 6.00. The highest BCUT2D eigenvalue weighted by molar-refractivity contribution is 9.10. The normalized spacial score (nSPS) is 18.1. The summed E-state index contributed by atoms with van der Waals surface area (Å²) in [4.78, 5) is 27.4. The van der Waals surface area contributed by atoms with Crippen molar-refractivity contribution in [2.24, 2.45) is 5.92 Å². The minimum absolute atomic E-state index is 0.189. The SMILES string of the molecule is CCOc1cc(/C=C2/SC(=O)N(CC3CCCCC3)C2=O)c(Br)cc1OCc1ccc(Cl)cc1. The van der Waals surface area contributed by atoms with Crippen LogP contribution in [0.4, 0.5) is 4.79 Å². The van der Waals surface area contributed by atoms with E-state index in [1.165, 1.54) is 24.2 Å².